The Morgan fingerprint density at radius 2 is 2.42 bits per heavy atom. The van der Waals surface area contributed by atoms with Crippen LogP contribution in [-0.4, -0.2) is 40.6 Å². The van der Waals surface area contributed by atoms with Gasteiger partial charge in [0, 0.05) is 34.9 Å². The highest BCUT2D eigenvalue weighted by molar-refractivity contribution is 14.1. The molecule has 0 spiro atoms. The average Bonchev–Trinajstić information content (AvgIpc) is 2.89. The standard InChI is InChI=1S/C14H23IN2O2/c1-11(2)17-14(3-6-16-17)13-10-18-7-4-12(13)9-19-8-5-15/h3,6,11-13H,4-5,7-10H2,1-2H3/t12-,13-/m0/s1. The van der Waals surface area contributed by atoms with Crippen molar-refractivity contribution >= 4 is 22.6 Å². The molecule has 0 saturated carbocycles. The highest BCUT2D eigenvalue weighted by Gasteiger charge is 2.30. The zero-order valence-electron chi connectivity index (χ0n) is 11.7. The summed E-state index contributed by atoms with van der Waals surface area (Å²) in [5, 5.41) is 4.44. The van der Waals surface area contributed by atoms with Gasteiger partial charge >= 0.3 is 0 Å². The molecular formula is C14H23IN2O2. The van der Waals surface area contributed by atoms with E-state index >= 15 is 0 Å². The van der Waals surface area contributed by atoms with Crippen LogP contribution in [0, 0.1) is 5.92 Å². The maximum Gasteiger partial charge on any atom is 0.0555 e. The van der Waals surface area contributed by atoms with E-state index in [-0.39, 0.29) is 0 Å². The highest BCUT2D eigenvalue weighted by Crippen LogP contribution is 2.32. The Hall–Kier alpha value is -0.140. The summed E-state index contributed by atoms with van der Waals surface area (Å²) in [5.74, 6) is 0.957. The Morgan fingerprint density at radius 3 is 3.16 bits per heavy atom. The van der Waals surface area contributed by atoms with Gasteiger partial charge in [-0.1, -0.05) is 22.6 Å². The Morgan fingerprint density at radius 1 is 1.58 bits per heavy atom. The van der Waals surface area contributed by atoms with E-state index in [1.165, 1.54) is 5.69 Å². The molecule has 0 radical (unpaired) electrons. The molecule has 2 atom stereocenters. The zero-order valence-corrected chi connectivity index (χ0v) is 13.9. The highest BCUT2D eigenvalue weighted by atomic mass is 127. The van der Waals surface area contributed by atoms with E-state index < -0.39 is 0 Å². The van der Waals surface area contributed by atoms with Crippen molar-refractivity contribution in [3.8, 4) is 0 Å². The molecule has 1 aliphatic heterocycles. The van der Waals surface area contributed by atoms with E-state index in [0.29, 0.717) is 17.9 Å². The second kappa shape index (κ2) is 7.59. The fourth-order valence-corrected chi connectivity index (χ4v) is 2.96. The molecule has 0 N–H and O–H groups in total. The van der Waals surface area contributed by atoms with Crippen LogP contribution in [0.1, 0.15) is 37.9 Å². The molecule has 0 aromatic carbocycles. The van der Waals surface area contributed by atoms with Crippen molar-refractivity contribution in [2.24, 2.45) is 5.92 Å². The van der Waals surface area contributed by atoms with Gasteiger partial charge in [0.1, 0.15) is 0 Å². The van der Waals surface area contributed by atoms with E-state index in [1.54, 1.807) is 0 Å². The predicted molar refractivity (Wildman–Crippen MR) is 84.0 cm³/mol. The Labute approximate surface area is 129 Å². The molecule has 0 unspecified atom stereocenters. The van der Waals surface area contributed by atoms with Gasteiger partial charge in [-0.3, -0.25) is 4.68 Å². The van der Waals surface area contributed by atoms with Crippen molar-refractivity contribution in [3.63, 3.8) is 0 Å². The lowest BCUT2D eigenvalue weighted by molar-refractivity contribution is 0.00528. The fourth-order valence-electron chi connectivity index (χ4n) is 2.65. The van der Waals surface area contributed by atoms with Crippen LogP contribution in [0.4, 0.5) is 0 Å². The summed E-state index contributed by atoms with van der Waals surface area (Å²) in [6.45, 7) is 7.65. The van der Waals surface area contributed by atoms with Crippen molar-refractivity contribution < 1.29 is 9.47 Å². The minimum absolute atomic E-state index is 0.392. The van der Waals surface area contributed by atoms with Crippen LogP contribution < -0.4 is 0 Å². The van der Waals surface area contributed by atoms with Crippen LogP contribution >= 0.6 is 22.6 Å². The Balaban J connectivity index is 2.07. The third kappa shape index (κ3) is 3.92. The molecule has 1 aromatic heterocycles. The summed E-state index contributed by atoms with van der Waals surface area (Å²) in [6, 6.07) is 2.52. The van der Waals surface area contributed by atoms with Gasteiger partial charge in [0.15, 0.2) is 0 Å². The summed E-state index contributed by atoms with van der Waals surface area (Å²) in [4.78, 5) is 0. The monoisotopic (exact) mass is 378 g/mol. The van der Waals surface area contributed by atoms with Gasteiger partial charge in [0.05, 0.1) is 19.8 Å². The van der Waals surface area contributed by atoms with Crippen molar-refractivity contribution in [1.29, 1.82) is 0 Å². The number of ether oxygens (including phenoxy) is 2. The minimum Gasteiger partial charge on any atom is -0.381 e. The molecule has 1 fully saturated rings. The molecular weight excluding hydrogens is 355 g/mol. The van der Waals surface area contributed by atoms with Crippen molar-refractivity contribution in [1.82, 2.24) is 9.78 Å². The van der Waals surface area contributed by atoms with Crippen LogP contribution in [0.15, 0.2) is 12.3 Å². The maximum atomic E-state index is 5.76. The zero-order chi connectivity index (χ0) is 13.7. The summed E-state index contributed by atoms with van der Waals surface area (Å²) in [6.07, 6.45) is 2.97. The van der Waals surface area contributed by atoms with Gasteiger partial charge in [-0.25, -0.2) is 0 Å². The van der Waals surface area contributed by atoms with E-state index in [9.17, 15) is 0 Å². The van der Waals surface area contributed by atoms with Gasteiger partial charge in [0.2, 0.25) is 0 Å². The number of rotatable bonds is 6. The average molecular weight is 378 g/mol. The number of hydrogen-bond donors (Lipinski definition) is 0. The van der Waals surface area contributed by atoms with Gasteiger partial charge < -0.3 is 9.47 Å². The normalized spacial score (nSPS) is 24.0. The van der Waals surface area contributed by atoms with Crippen molar-refractivity contribution in [3.05, 3.63) is 18.0 Å². The number of halogens is 1. The quantitative estimate of drug-likeness (QED) is 0.434. The van der Waals surface area contributed by atoms with E-state index in [4.69, 9.17) is 9.47 Å². The summed E-state index contributed by atoms with van der Waals surface area (Å²) in [7, 11) is 0. The number of aromatic nitrogens is 2. The SMILES string of the molecule is CC(C)n1nccc1[C@H]1COCC[C@H]1COCCI. The molecule has 108 valence electrons. The first-order chi connectivity index (χ1) is 9.24. The Kier molecular flexibility index (Phi) is 6.09. The lowest BCUT2D eigenvalue weighted by Crippen LogP contribution is -2.31. The summed E-state index contributed by atoms with van der Waals surface area (Å²) in [5.41, 5.74) is 1.29. The molecule has 19 heavy (non-hydrogen) atoms. The van der Waals surface area contributed by atoms with E-state index in [2.05, 4.69) is 52.3 Å². The molecule has 2 rings (SSSR count). The first kappa shape index (κ1) is 15.3. The molecule has 4 nitrogen and oxygen atoms in total. The van der Waals surface area contributed by atoms with Crippen LogP contribution in [-0.2, 0) is 9.47 Å². The smallest absolute Gasteiger partial charge is 0.0555 e. The largest absolute Gasteiger partial charge is 0.381 e. The molecule has 0 bridgehead atoms. The maximum absolute atomic E-state index is 5.76. The number of nitrogens with zero attached hydrogens (tertiary/aromatic N) is 2. The predicted octanol–water partition coefficient (Wildman–Crippen LogP) is 3.04. The van der Waals surface area contributed by atoms with Gasteiger partial charge in [-0.15, -0.1) is 0 Å². The van der Waals surface area contributed by atoms with Crippen LogP contribution in [0.2, 0.25) is 0 Å². The van der Waals surface area contributed by atoms with Crippen molar-refractivity contribution in [2.75, 3.05) is 30.9 Å². The minimum atomic E-state index is 0.392. The fraction of sp³-hybridized carbons (Fsp3) is 0.786. The molecule has 0 amide bonds. The summed E-state index contributed by atoms with van der Waals surface area (Å²) >= 11 is 2.35. The van der Waals surface area contributed by atoms with Crippen molar-refractivity contribution in [2.45, 2.75) is 32.2 Å². The molecule has 1 aromatic rings. The second-order valence-electron chi connectivity index (χ2n) is 5.29. The molecule has 0 aliphatic carbocycles. The molecule has 5 heteroatoms. The van der Waals surface area contributed by atoms with E-state index in [0.717, 1.165) is 37.3 Å². The molecule has 1 saturated heterocycles. The molecule has 1 aliphatic rings. The second-order valence-corrected chi connectivity index (χ2v) is 6.37. The van der Waals surface area contributed by atoms with Gasteiger partial charge in [-0.05, 0) is 32.3 Å². The third-order valence-electron chi connectivity index (χ3n) is 3.62. The summed E-state index contributed by atoms with van der Waals surface area (Å²) < 4.78 is 14.6. The number of alkyl halides is 1. The lowest BCUT2D eigenvalue weighted by atomic mass is 9.86. The third-order valence-corrected chi connectivity index (χ3v) is 4.06. The van der Waals surface area contributed by atoms with Gasteiger partial charge in [-0.2, -0.15) is 5.10 Å². The topological polar surface area (TPSA) is 36.3 Å². The Bertz CT molecular complexity index is 381. The van der Waals surface area contributed by atoms with Crippen LogP contribution in [0.5, 0.6) is 0 Å². The van der Waals surface area contributed by atoms with E-state index in [1.807, 2.05) is 6.20 Å². The van der Waals surface area contributed by atoms with Crippen LogP contribution in [0.25, 0.3) is 0 Å². The first-order valence-corrected chi connectivity index (χ1v) is 8.51. The lowest BCUT2D eigenvalue weighted by Gasteiger charge is -2.32. The number of hydrogen-bond acceptors (Lipinski definition) is 3. The van der Waals surface area contributed by atoms with Crippen LogP contribution in [0.3, 0.4) is 0 Å². The molecule has 2 heterocycles. The van der Waals surface area contributed by atoms with Gasteiger partial charge in [0.25, 0.3) is 0 Å². The first-order valence-electron chi connectivity index (χ1n) is 6.99.